The van der Waals surface area contributed by atoms with Crippen LogP contribution in [0.1, 0.15) is 33.4 Å². The molecular formula is C52H40N2. The Kier molecular flexibility index (Phi) is 8.59. The molecule has 0 atom stereocenters. The van der Waals surface area contributed by atoms with Crippen LogP contribution in [0.2, 0.25) is 0 Å². The van der Waals surface area contributed by atoms with E-state index < -0.39 is 5.41 Å². The molecule has 1 aliphatic carbocycles. The summed E-state index contributed by atoms with van der Waals surface area (Å²) in [6.45, 7) is 0.421. The van der Waals surface area contributed by atoms with E-state index in [9.17, 15) is 0 Å². The zero-order valence-electron chi connectivity index (χ0n) is 30.0. The van der Waals surface area contributed by atoms with Gasteiger partial charge in [-0.2, -0.15) is 0 Å². The third kappa shape index (κ3) is 5.47. The molecule has 0 spiro atoms. The monoisotopic (exact) mass is 692 g/mol. The fourth-order valence-electron chi connectivity index (χ4n) is 8.66. The van der Waals surface area contributed by atoms with Gasteiger partial charge in [-0.1, -0.05) is 194 Å². The van der Waals surface area contributed by atoms with Gasteiger partial charge in [-0.15, -0.1) is 0 Å². The minimum absolute atomic E-state index is 0.421. The molecule has 0 amide bonds. The Hall–Kier alpha value is -6.74. The maximum absolute atomic E-state index is 7.23. The predicted octanol–water partition coefficient (Wildman–Crippen LogP) is 12.0. The topological polar surface area (TPSA) is 52.0 Å². The summed E-state index contributed by atoms with van der Waals surface area (Å²) >= 11 is 0. The van der Waals surface area contributed by atoms with Crippen molar-refractivity contribution in [2.45, 2.75) is 5.41 Å². The van der Waals surface area contributed by atoms with Crippen LogP contribution >= 0.6 is 0 Å². The maximum atomic E-state index is 7.23. The number of nitrogens with two attached hydrogens (primary N) is 2. The molecule has 0 bridgehead atoms. The molecule has 2 heteroatoms. The molecule has 0 heterocycles. The molecule has 0 unspecified atom stereocenters. The van der Waals surface area contributed by atoms with E-state index in [1.807, 2.05) is 0 Å². The van der Waals surface area contributed by atoms with Gasteiger partial charge < -0.3 is 11.5 Å². The van der Waals surface area contributed by atoms with E-state index in [0.717, 1.165) is 50.2 Å². The second-order valence-corrected chi connectivity index (χ2v) is 13.9. The van der Waals surface area contributed by atoms with Crippen LogP contribution in [0, 0.1) is 0 Å². The Morgan fingerprint density at radius 1 is 0.426 bits per heavy atom. The summed E-state index contributed by atoms with van der Waals surface area (Å²) in [5, 5.41) is 0. The first-order chi connectivity index (χ1) is 26.7. The highest BCUT2D eigenvalue weighted by molar-refractivity contribution is 5.96. The zero-order chi connectivity index (χ0) is 36.5. The van der Waals surface area contributed by atoms with Gasteiger partial charge in [-0.3, -0.25) is 0 Å². The Labute approximate surface area is 317 Å². The van der Waals surface area contributed by atoms with Gasteiger partial charge >= 0.3 is 0 Å². The molecule has 4 N–H and O–H groups in total. The fourth-order valence-corrected chi connectivity index (χ4v) is 8.66. The minimum Gasteiger partial charge on any atom is -0.398 e. The van der Waals surface area contributed by atoms with Crippen molar-refractivity contribution in [2.24, 2.45) is 5.73 Å². The number of nitrogen functional groups attached to an aromatic ring is 1. The first kappa shape index (κ1) is 33.1. The Morgan fingerprint density at radius 3 is 1.61 bits per heavy atom. The van der Waals surface area contributed by atoms with E-state index >= 15 is 0 Å². The first-order valence-electron chi connectivity index (χ1n) is 18.6. The molecule has 9 rings (SSSR count). The van der Waals surface area contributed by atoms with Crippen LogP contribution in [0.15, 0.2) is 206 Å². The van der Waals surface area contributed by atoms with Crippen LogP contribution in [0.4, 0.5) is 5.69 Å². The number of anilines is 1. The van der Waals surface area contributed by atoms with Crippen molar-refractivity contribution in [3.8, 4) is 44.5 Å². The normalized spacial score (nSPS) is 12.9. The molecule has 1 aliphatic rings. The van der Waals surface area contributed by atoms with Crippen molar-refractivity contribution in [1.29, 1.82) is 0 Å². The average molecular weight is 693 g/mol. The van der Waals surface area contributed by atoms with Gasteiger partial charge in [0.2, 0.25) is 0 Å². The molecule has 0 radical (unpaired) electrons. The number of rotatable bonds is 8. The maximum Gasteiger partial charge on any atom is 0.0714 e. The minimum atomic E-state index is -0.510. The summed E-state index contributed by atoms with van der Waals surface area (Å²) in [5.41, 5.74) is 31.2. The van der Waals surface area contributed by atoms with Crippen LogP contribution in [-0.4, -0.2) is 6.54 Å². The summed E-state index contributed by atoms with van der Waals surface area (Å²) in [4.78, 5) is 0. The molecule has 8 aromatic rings. The molecule has 0 aliphatic heterocycles. The van der Waals surface area contributed by atoms with Gasteiger partial charge in [0.25, 0.3) is 0 Å². The lowest BCUT2D eigenvalue weighted by atomic mass is 9.67. The van der Waals surface area contributed by atoms with Crippen LogP contribution < -0.4 is 11.5 Å². The summed E-state index contributed by atoms with van der Waals surface area (Å²) in [7, 11) is 0. The highest BCUT2D eigenvalue weighted by Gasteiger charge is 2.46. The number of fused-ring (bicyclic) bond motifs is 3. The van der Waals surface area contributed by atoms with E-state index in [1.54, 1.807) is 0 Å². The molecule has 0 saturated carbocycles. The lowest BCUT2D eigenvalue weighted by molar-refractivity contribution is 0.769. The summed E-state index contributed by atoms with van der Waals surface area (Å²) < 4.78 is 0. The first-order valence-corrected chi connectivity index (χ1v) is 18.6. The van der Waals surface area contributed by atoms with Gasteiger partial charge in [-0.05, 0) is 90.0 Å². The summed E-state index contributed by atoms with van der Waals surface area (Å²) in [6.07, 6.45) is 2.13. The van der Waals surface area contributed by atoms with Crippen molar-refractivity contribution in [3.63, 3.8) is 0 Å². The van der Waals surface area contributed by atoms with E-state index in [2.05, 4.69) is 206 Å². The highest BCUT2D eigenvalue weighted by atomic mass is 14.6. The summed E-state index contributed by atoms with van der Waals surface area (Å²) in [5.74, 6) is 0. The zero-order valence-corrected chi connectivity index (χ0v) is 30.0. The smallest absolute Gasteiger partial charge is 0.0714 e. The molecule has 54 heavy (non-hydrogen) atoms. The third-order valence-corrected chi connectivity index (χ3v) is 11.0. The third-order valence-electron chi connectivity index (χ3n) is 11.0. The molecular weight excluding hydrogens is 653 g/mol. The van der Waals surface area contributed by atoms with Crippen molar-refractivity contribution in [1.82, 2.24) is 0 Å². The van der Waals surface area contributed by atoms with Crippen molar-refractivity contribution in [3.05, 3.63) is 240 Å². The number of hydrogen-bond donors (Lipinski definition) is 2. The second kappa shape index (κ2) is 14.0. The van der Waals surface area contributed by atoms with Crippen LogP contribution in [0.25, 0.3) is 50.1 Å². The van der Waals surface area contributed by atoms with Gasteiger partial charge in [0.15, 0.2) is 0 Å². The Bertz CT molecular complexity index is 2610. The largest absolute Gasteiger partial charge is 0.398 e. The average Bonchev–Trinajstić information content (AvgIpc) is 3.55. The molecule has 258 valence electrons. The van der Waals surface area contributed by atoms with Gasteiger partial charge in [-0.25, -0.2) is 0 Å². The van der Waals surface area contributed by atoms with Crippen molar-refractivity contribution in [2.75, 3.05) is 12.3 Å². The van der Waals surface area contributed by atoms with E-state index in [0.29, 0.717) is 6.54 Å². The van der Waals surface area contributed by atoms with Crippen LogP contribution in [-0.2, 0) is 5.41 Å². The molecule has 8 aromatic carbocycles. The quantitative estimate of drug-likeness (QED) is 0.156. The lowest BCUT2D eigenvalue weighted by Gasteiger charge is -2.34. The standard InChI is InChI=1S/C52H40N2/c53-33-32-41(38-19-15-18-37(34-38)36-16-3-1-4-17-36)42-22-7-8-23-43(42)44-24-9-10-25-45(44)48-31-30-40(35-51(48)54)52(39-20-5-2-6-21-39)49-28-13-11-26-46(49)47-27-12-14-29-50(47)52/h1-32,34-35H,33,53-54H2/b41-32-. The molecule has 0 aromatic heterocycles. The molecule has 0 saturated heterocycles. The van der Waals surface area contributed by atoms with Crippen LogP contribution in [0.3, 0.4) is 0 Å². The Balaban J connectivity index is 1.19. The summed E-state index contributed by atoms with van der Waals surface area (Å²) in [6, 6.07) is 71.7. The predicted molar refractivity (Wildman–Crippen MR) is 227 cm³/mol. The number of hydrogen-bond acceptors (Lipinski definition) is 2. The Morgan fingerprint density at radius 2 is 0.963 bits per heavy atom. The van der Waals surface area contributed by atoms with E-state index in [4.69, 9.17) is 11.5 Å². The number of benzene rings is 8. The van der Waals surface area contributed by atoms with Gasteiger partial charge in [0.1, 0.15) is 0 Å². The molecule has 2 nitrogen and oxygen atoms in total. The highest BCUT2D eigenvalue weighted by Crippen LogP contribution is 2.56. The second-order valence-electron chi connectivity index (χ2n) is 13.9. The van der Waals surface area contributed by atoms with E-state index in [-0.39, 0.29) is 0 Å². The van der Waals surface area contributed by atoms with Crippen molar-refractivity contribution < 1.29 is 0 Å². The molecule has 0 fully saturated rings. The van der Waals surface area contributed by atoms with E-state index in [1.165, 1.54) is 38.9 Å². The van der Waals surface area contributed by atoms with Crippen LogP contribution in [0.5, 0.6) is 0 Å². The van der Waals surface area contributed by atoms with Gasteiger partial charge in [0, 0.05) is 17.8 Å². The van der Waals surface area contributed by atoms with Gasteiger partial charge in [0.05, 0.1) is 5.41 Å². The fraction of sp³-hybridized carbons (Fsp3) is 0.0385. The lowest BCUT2D eigenvalue weighted by Crippen LogP contribution is -2.28. The SMILES string of the molecule is NC/C=C(/c1cccc(-c2ccccc2)c1)c1ccccc1-c1ccccc1-c1ccc(C2(c3ccccc3)c3ccccc3-c3ccccc32)cc1N. The van der Waals surface area contributed by atoms with Crippen molar-refractivity contribution >= 4 is 11.3 Å².